The molecule has 5 nitrogen and oxygen atoms in total. The van der Waals surface area contributed by atoms with Crippen molar-refractivity contribution in [3.63, 3.8) is 0 Å². The lowest BCUT2D eigenvalue weighted by atomic mass is 10.2. The molecule has 0 bridgehead atoms. The first-order valence-electron chi connectivity index (χ1n) is 11.0. The Labute approximate surface area is 188 Å². The van der Waals surface area contributed by atoms with E-state index >= 15 is 0 Å². The van der Waals surface area contributed by atoms with Gasteiger partial charge in [0.1, 0.15) is 5.01 Å². The number of nitrogens with zero attached hydrogens (tertiary/aromatic N) is 3. The molecule has 1 aromatic heterocycles. The number of carbonyl (C=O) groups is 1. The second kappa shape index (κ2) is 10.6. The number of aromatic nitrogens is 1. The lowest BCUT2D eigenvalue weighted by Crippen LogP contribution is -2.46. The summed E-state index contributed by atoms with van der Waals surface area (Å²) in [6.45, 7) is 8.32. The molecule has 0 aliphatic carbocycles. The van der Waals surface area contributed by atoms with Gasteiger partial charge in [-0.25, -0.2) is 4.98 Å². The number of unbranched alkanes of at least 4 members (excludes halogenated alkanes) is 1. The zero-order chi connectivity index (χ0) is 21.5. The predicted molar refractivity (Wildman–Crippen MR) is 131 cm³/mol. The first-order valence-corrected chi connectivity index (χ1v) is 11.8. The van der Waals surface area contributed by atoms with E-state index in [9.17, 15) is 4.79 Å². The van der Waals surface area contributed by atoms with E-state index < -0.39 is 0 Å². The fraction of sp³-hybridized carbons (Fsp3) is 0.360. The molecule has 0 unspecified atom stereocenters. The largest absolute Gasteiger partial charge is 0.369 e. The molecule has 0 atom stereocenters. The smallest absolute Gasteiger partial charge is 0.244 e. The third kappa shape index (κ3) is 6.15. The molecule has 3 aromatic rings. The Morgan fingerprint density at radius 1 is 1.10 bits per heavy atom. The summed E-state index contributed by atoms with van der Waals surface area (Å²) in [6, 6.07) is 16.8. The first-order chi connectivity index (χ1) is 15.2. The maximum absolute atomic E-state index is 12.1. The van der Waals surface area contributed by atoms with Crippen molar-refractivity contribution < 1.29 is 4.79 Å². The summed E-state index contributed by atoms with van der Waals surface area (Å²) in [5, 5.41) is 3.84. The number of hydrogen-bond acceptors (Lipinski definition) is 5. The normalized spacial score (nSPS) is 15.1. The van der Waals surface area contributed by atoms with E-state index in [0.29, 0.717) is 6.54 Å². The number of para-hydroxylation sites is 1. The van der Waals surface area contributed by atoms with Crippen molar-refractivity contribution in [2.45, 2.75) is 19.8 Å². The molecule has 1 amide bonds. The SMILES string of the molecule is Cc1cccc(N2CCN(CCCCNC(=O)/C=C/c3nc4ccccc4s3)CC2)c1. The van der Waals surface area contributed by atoms with Crippen LogP contribution in [0.25, 0.3) is 16.3 Å². The zero-order valence-corrected chi connectivity index (χ0v) is 18.9. The number of benzene rings is 2. The maximum Gasteiger partial charge on any atom is 0.244 e. The molecule has 0 radical (unpaired) electrons. The van der Waals surface area contributed by atoms with E-state index in [4.69, 9.17) is 0 Å². The third-order valence-electron chi connectivity index (χ3n) is 5.63. The maximum atomic E-state index is 12.1. The van der Waals surface area contributed by atoms with Crippen molar-refractivity contribution in [2.24, 2.45) is 0 Å². The summed E-state index contributed by atoms with van der Waals surface area (Å²) in [5.41, 5.74) is 3.63. The number of aryl methyl sites for hydroxylation is 1. The highest BCUT2D eigenvalue weighted by Crippen LogP contribution is 2.22. The minimum Gasteiger partial charge on any atom is -0.369 e. The molecule has 31 heavy (non-hydrogen) atoms. The number of hydrogen-bond donors (Lipinski definition) is 1. The molecule has 1 aliphatic rings. The molecule has 0 saturated carbocycles. The van der Waals surface area contributed by atoms with Crippen molar-refractivity contribution in [2.75, 3.05) is 44.2 Å². The molecule has 6 heteroatoms. The van der Waals surface area contributed by atoms with Crippen molar-refractivity contribution in [1.29, 1.82) is 0 Å². The number of carbonyl (C=O) groups excluding carboxylic acids is 1. The van der Waals surface area contributed by atoms with E-state index in [1.54, 1.807) is 23.5 Å². The Morgan fingerprint density at radius 2 is 1.94 bits per heavy atom. The fourth-order valence-corrected chi connectivity index (χ4v) is 4.76. The van der Waals surface area contributed by atoms with E-state index in [2.05, 4.69) is 51.3 Å². The summed E-state index contributed by atoms with van der Waals surface area (Å²) >= 11 is 1.60. The van der Waals surface area contributed by atoms with Gasteiger partial charge in [-0.05, 0) is 62.2 Å². The lowest BCUT2D eigenvalue weighted by Gasteiger charge is -2.36. The van der Waals surface area contributed by atoms with Gasteiger partial charge >= 0.3 is 0 Å². The Kier molecular flexibility index (Phi) is 7.33. The summed E-state index contributed by atoms with van der Waals surface area (Å²) < 4.78 is 1.14. The third-order valence-corrected chi connectivity index (χ3v) is 6.63. The zero-order valence-electron chi connectivity index (χ0n) is 18.1. The fourth-order valence-electron chi connectivity index (χ4n) is 3.89. The molecule has 2 heterocycles. The Morgan fingerprint density at radius 3 is 2.74 bits per heavy atom. The molecular weight excluding hydrogens is 404 g/mol. The first kappa shape index (κ1) is 21.5. The Hall–Kier alpha value is -2.70. The number of amides is 1. The second-order valence-electron chi connectivity index (χ2n) is 8.02. The number of piperazine rings is 1. The number of thiazole rings is 1. The van der Waals surface area contributed by atoms with Crippen LogP contribution in [0.15, 0.2) is 54.6 Å². The highest BCUT2D eigenvalue weighted by molar-refractivity contribution is 7.19. The van der Waals surface area contributed by atoms with Gasteiger partial charge in [-0.15, -0.1) is 11.3 Å². The molecule has 2 aromatic carbocycles. The van der Waals surface area contributed by atoms with Gasteiger partial charge in [0.2, 0.25) is 5.91 Å². The van der Waals surface area contributed by atoms with Crippen LogP contribution in [0.3, 0.4) is 0 Å². The number of anilines is 1. The summed E-state index contributed by atoms with van der Waals surface area (Å²) in [4.78, 5) is 21.6. The number of nitrogens with one attached hydrogen (secondary N) is 1. The van der Waals surface area contributed by atoms with Crippen molar-refractivity contribution in [1.82, 2.24) is 15.2 Å². The summed E-state index contributed by atoms with van der Waals surface area (Å²) in [6.07, 6.45) is 5.49. The molecule has 1 saturated heterocycles. The van der Waals surface area contributed by atoms with E-state index in [1.165, 1.54) is 11.3 Å². The van der Waals surface area contributed by atoms with Gasteiger partial charge in [-0.2, -0.15) is 0 Å². The van der Waals surface area contributed by atoms with Gasteiger partial charge < -0.3 is 10.2 Å². The van der Waals surface area contributed by atoms with Crippen LogP contribution in [0.4, 0.5) is 5.69 Å². The molecule has 4 rings (SSSR count). The highest BCUT2D eigenvalue weighted by atomic mass is 32.1. The van der Waals surface area contributed by atoms with Crippen LogP contribution in [0.5, 0.6) is 0 Å². The quantitative estimate of drug-likeness (QED) is 0.423. The van der Waals surface area contributed by atoms with E-state index in [0.717, 1.165) is 60.8 Å². The van der Waals surface area contributed by atoms with Crippen LogP contribution in [0, 0.1) is 6.92 Å². The number of fused-ring (bicyclic) bond motifs is 1. The van der Waals surface area contributed by atoms with Crippen molar-refractivity contribution in [3.05, 3.63) is 65.2 Å². The van der Waals surface area contributed by atoms with Gasteiger partial charge in [-0.1, -0.05) is 24.3 Å². The average Bonchev–Trinajstić information content (AvgIpc) is 3.21. The predicted octanol–water partition coefficient (Wildman–Crippen LogP) is 4.34. The van der Waals surface area contributed by atoms with Crippen LogP contribution < -0.4 is 10.2 Å². The summed E-state index contributed by atoms with van der Waals surface area (Å²) in [5.74, 6) is -0.0500. The Balaban J connectivity index is 1.10. The van der Waals surface area contributed by atoms with Gasteiger partial charge in [0.25, 0.3) is 0 Å². The average molecular weight is 435 g/mol. The van der Waals surface area contributed by atoms with Gasteiger partial charge in [0, 0.05) is 44.5 Å². The van der Waals surface area contributed by atoms with Crippen LogP contribution in [0.1, 0.15) is 23.4 Å². The van der Waals surface area contributed by atoms with Gasteiger partial charge in [0.05, 0.1) is 10.2 Å². The van der Waals surface area contributed by atoms with Crippen LogP contribution in [-0.2, 0) is 4.79 Å². The molecular formula is C25H30N4OS. The lowest BCUT2D eigenvalue weighted by molar-refractivity contribution is -0.116. The molecule has 1 N–H and O–H groups in total. The van der Waals surface area contributed by atoms with Crippen LogP contribution >= 0.6 is 11.3 Å². The number of rotatable bonds is 8. The highest BCUT2D eigenvalue weighted by Gasteiger charge is 2.16. The van der Waals surface area contributed by atoms with Crippen molar-refractivity contribution >= 4 is 39.2 Å². The van der Waals surface area contributed by atoms with Crippen molar-refractivity contribution in [3.8, 4) is 0 Å². The monoisotopic (exact) mass is 434 g/mol. The summed E-state index contributed by atoms with van der Waals surface area (Å²) in [7, 11) is 0. The van der Waals surface area contributed by atoms with Gasteiger partial charge in [0.15, 0.2) is 0 Å². The molecule has 162 valence electrons. The molecule has 0 spiro atoms. The van der Waals surface area contributed by atoms with E-state index in [-0.39, 0.29) is 5.91 Å². The van der Waals surface area contributed by atoms with Crippen LogP contribution in [0.2, 0.25) is 0 Å². The minimum atomic E-state index is -0.0500. The van der Waals surface area contributed by atoms with E-state index in [1.807, 2.05) is 24.3 Å². The Bertz CT molecular complexity index is 1000. The molecule has 1 aliphatic heterocycles. The standard InChI is InChI=1S/C25H30N4OS/c1-20-7-6-8-21(19-20)29-17-15-28(16-18-29)14-5-4-13-26-24(30)11-12-25-27-22-9-2-3-10-23(22)31-25/h2-3,6-12,19H,4-5,13-18H2,1H3,(H,26,30)/b12-11+. The van der Waals surface area contributed by atoms with Gasteiger partial charge in [-0.3, -0.25) is 9.69 Å². The van der Waals surface area contributed by atoms with Crippen LogP contribution in [-0.4, -0.2) is 55.1 Å². The minimum absolute atomic E-state index is 0.0500. The molecule has 1 fully saturated rings. The second-order valence-corrected chi connectivity index (χ2v) is 9.08. The topological polar surface area (TPSA) is 48.5 Å².